The van der Waals surface area contributed by atoms with Crippen LogP contribution in [0.3, 0.4) is 0 Å². The van der Waals surface area contributed by atoms with Crippen molar-refractivity contribution in [2.24, 2.45) is 17.8 Å². The highest BCUT2D eigenvalue weighted by atomic mass is 15.2. The molecular weight excluding hydrogens is 675 g/mol. The monoisotopic (exact) mass is 723 g/mol. The van der Waals surface area contributed by atoms with Gasteiger partial charge in [-0.1, -0.05) is 177 Å². The van der Waals surface area contributed by atoms with Crippen molar-refractivity contribution in [2.45, 2.75) is 50.0 Å². The zero-order valence-corrected chi connectivity index (χ0v) is 32.1. The van der Waals surface area contributed by atoms with E-state index >= 15 is 0 Å². The van der Waals surface area contributed by atoms with Gasteiger partial charge in [0.2, 0.25) is 0 Å². The highest BCUT2D eigenvalue weighted by Crippen LogP contribution is 2.51. The van der Waals surface area contributed by atoms with E-state index in [1.54, 1.807) is 0 Å². The van der Waals surface area contributed by atoms with E-state index in [9.17, 15) is 0 Å². The summed E-state index contributed by atoms with van der Waals surface area (Å²) >= 11 is 0. The molecular formula is C55H49N. The van der Waals surface area contributed by atoms with E-state index in [-0.39, 0.29) is 11.5 Å². The molecule has 10 rings (SSSR count). The average Bonchev–Trinajstić information content (AvgIpc) is 3.61. The molecule has 0 heterocycles. The quantitative estimate of drug-likeness (QED) is 0.209. The van der Waals surface area contributed by atoms with Crippen molar-refractivity contribution in [1.82, 2.24) is 0 Å². The fourth-order valence-electron chi connectivity index (χ4n) is 10.3. The normalized spacial score (nSPS) is 26.9. The molecule has 0 N–H and O–H groups in total. The molecule has 7 aliphatic carbocycles. The largest absolute Gasteiger partial charge is 0.335 e. The molecule has 56 heavy (non-hydrogen) atoms. The highest BCUT2D eigenvalue weighted by Gasteiger charge is 2.42. The van der Waals surface area contributed by atoms with Gasteiger partial charge in [-0.15, -0.1) is 0 Å². The van der Waals surface area contributed by atoms with Crippen LogP contribution in [-0.2, 0) is 5.41 Å². The second-order valence-electron chi connectivity index (χ2n) is 16.3. The summed E-state index contributed by atoms with van der Waals surface area (Å²) < 4.78 is 0. The second-order valence-corrected chi connectivity index (χ2v) is 16.3. The Balaban J connectivity index is 1.02. The maximum atomic E-state index is 4.83. The maximum Gasteiger partial charge on any atom is 0.0643 e. The zero-order chi connectivity index (χ0) is 37.5. The molecule has 1 heteroatoms. The summed E-state index contributed by atoms with van der Waals surface area (Å²) in [6.07, 6.45) is 48.8. The lowest BCUT2D eigenvalue weighted by Crippen LogP contribution is -2.38. The summed E-state index contributed by atoms with van der Waals surface area (Å²) in [5.41, 5.74) is 15.3. The topological polar surface area (TPSA) is 3.24 Å². The van der Waals surface area contributed by atoms with Crippen LogP contribution in [0, 0.1) is 17.8 Å². The Hall–Kier alpha value is -5.92. The lowest BCUT2D eigenvalue weighted by Gasteiger charge is -2.42. The second kappa shape index (κ2) is 14.6. The summed E-state index contributed by atoms with van der Waals surface area (Å²) in [4.78, 5) is 2.50. The lowest BCUT2D eigenvalue weighted by atomic mass is 9.68. The Morgan fingerprint density at radius 1 is 0.732 bits per heavy atom. The molecule has 5 unspecified atom stereocenters. The van der Waals surface area contributed by atoms with Crippen molar-refractivity contribution < 1.29 is 0 Å². The fourth-order valence-corrected chi connectivity index (χ4v) is 10.3. The van der Waals surface area contributed by atoms with E-state index in [1.165, 1.54) is 67.8 Å². The van der Waals surface area contributed by atoms with Gasteiger partial charge in [0, 0.05) is 17.3 Å². The van der Waals surface area contributed by atoms with Gasteiger partial charge >= 0.3 is 0 Å². The number of anilines is 1. The zero-order valence-electron chi connectivity index (χ0n) is 32.1. The van der Waals surface area contributed by atoms with E-state index in [0.29, 0.717) is 17.8 Å². The van der Waals surface area contributed by atoms with Crippen LogP contribution in [0.4, 0.5) is 5.69 Å². The van der Waals surface area contributed by atoms with Crippen LogP contribution in [-0.4, -0.2) is 6.04 Å². The molecule has 0 radical (unpaired) electrons. The van der Waals surface area contributed by atoms with Gasteiger partial charge in [0.1, 0.15) is 0 Å². The number of hydrogen-bond acceptors (Lipinski definition) is 1. The molecule has 0 bridgehead atoms. The van der Waals surface area contributed by atoms with Crippen LogP contribution in [0.1, 0.15) is 60.8 Å². The van der Waals surface area contributed by atoms with Crippen LogP contribution in [0.15, 0.2) is 223 Å². The molecule has 0 aliphatic heterocycles. The van der Waals surface area contributed by atoms with E-state index < -0.39 is 0 Å². The highest BCUT2D eigenvalue weighted by molar-refractivity contribution is 5.87. The number of nitrogens with zero attached hydrogens (tertiary/aromatic N) is 1. The average molecular weight is 724 g/mol. The van der Waals surface area contributed by atoms with Gasteiger partial charge in [-0.2, -0.15) is 0 Å². The van der Waals surface area contributed by atoms with E-state index in [0.717, 1.165) is 37.8 Å². The Bertz CT molecular complexity index is 2440. The first kappa shape index (κ1) is 34.6. The number of allylic oxidation sites excluding steroid dienone is 23. The van der Waals surface area contributed by atoms with Crippen molar-refractivity contribution in [3.8, 4) is 0 Å². The van der Waals surface area contributed by atoms with Gasteiger partial charge in [-0.25, -0.2) is 0 Å². The van der Waals surface area contributed by atoms with Gasteiger partial charge in [0.25, 0.3) is 0 Å². The standard InChI is InChI=1S/C55H49N/c1-39(24-25-46-38-55(47-17-4-2-5-18-47,48-19-6-3-7-20-48)54-23-13-12-22-52(46)54)56(50-35-32-43-28-27-42-15-10-11-21-51(42)53(43)37-50)49-33-30-41(31-34-49)45-29-26-40-14-8-9-16-44(40)36-45/h2,4-6,8-10,12-20,22-25,27-36,38,40,50-51,53H,1,3,7,11,21,26,37H2/b25-24-. The first-order valence-corrected chi connectivity index (χ1v) is 20.7. The molecule has 3 aromatic carbocycles. The Morgan fingerprint density at radius 2 is 1.55 bits per heavy atom. The van der Waals surface area contributed by atoms with Crippen LogP contribution in [0.2, 0.25) is 0 Å². The van der Waals surface area contributed by atoms with Crippen molar-refractivity contribution in [2.75, 3.05) is 4.90 Å². The summed E-state index contributed by atoms with van der Waals surface area (Å²) in [5.74, 6) is 1.58. The molecule has 0 spiro atoms. The molecule has 0 saturated heterocycles. The molecule has 3 aromatic rings. The predicted octanol–water partition coefficient (Wildman–Crippen LogP) is 13.5. The van der Waals surface area contributed by atoms with Gasteiger partial charge < -0.3 is 4.90 Å². The molecule has 0 aromatic heterocycles. The van der Waals surface area contributed by atoms with Crippen LogP contribution >= 0.6 is 0 Å². The van der Waals surface area contributed by atoms with Crippen LogP contribution < -0.4 is 4.90 Å². The van der Waals surface area contributed by atoms with Gasteiger partial charge in [0.05, 0.1) is 11.5 Å². The summed E-state index contributed by atoms with van der Waals surface area (Å²) in [5, 5.41) is 0. The number of hydrogen-bond donors (Lipinski definition) is 0. The Morgan fingerprint density at radius 3 is 2.41 bits per heavy atom. The van der Waals surface area contributed by atoms with Gasteiger partial charge in [-0.3, -0.25) is 0 Å². The first-order valence-electron chi connectivity index (χ1n) is 20.7. The smallest absolute Gasteiger partial charge is 0.0643 e. The Kier molecular flexibility index (Phi) is 9.03. The number of benzene rings is 3. The van der Waals surface area contributed by atoms with Crippen LogP contribution in [0.25, 0.3) is 11.1 Å². The van der Waals surface area contributed by atoms with E-state index in [2.05, 4.69) is 193 Å². The minimum absolute atomic E-state index is 0.187. The molecule has 1 nitrogen and oxygen atoms in total. The van der Waals surface area contributed by atoms with Crippen molar-refractivity contribution >= 4 is 16.8 Å². The molecule has 0 saturated carbocycles. The third-order valence-electron chi connectivity index (χ3n) is 13.1. The summed E-state index contributed by atoms with van der Waals surface area (Å²) in [6.45, 7) is 4.83. The molecule has 274 valence electrons. The van der Waals surface area contributed by atoms with Gasteiger partial charge in [-0.05, 0) is 124 Å². The first-order chi connectivity index (χ1) is 27.7. The SMILES string of the molecule is C=C(/C=C\C1=CC(C2=CCCC=C2)(c2ccccc2)c2ccccc21)N(c1ccc(C2=CCC3C=CC=CC3=C2)cc1)C1C=CC2=CC=C3C=CCCC3C2C1. The third kappa shape index (κ3) is 6.11. The third-order valence-corrected chi connectivity index (χ3v) is 13.1. The van der Waals surface area contributed by atoms with Crippen molar-refractivity contribution in [1.29, 1.82) is 0 Å². The maximum absolute atomic E-state index is 4.83. The van der Waals surface area contributed by atoms with E-state index in [1.807, 2.05) is 0 Å². The minimum atomic E-state index is -0.340. The minimum Gasteiger partial charge on any atom is -0.335 e. The van der Waals surface area contributed by atoms with E-state index in [4.69, 9.17) is 6.58 Å². The van der Waals surface area contributed by atoms with Crippen molar-refractivity contribution in [3.05, 3.63) is 245 Å². The fraction of sp³-hybridized carbons (Fsp3) is 0.200. The van der Waals surface area contributed by atoms with Gasteiger partial charge in [0.15, 0.2) is 0 Å². The summed E-state index contributed by atoms with van der Waals surface area (Å²) in [6, 6.07) is 29.5. The number of fused-ring (bicyclic) bond motifs is 5. The van der Waals surface area contributed by atoms with Crippen LogP contribution in [0.5, 0.6) is 0 Å². The molecule has 7 aliphatic rings. The molecule has 0 amide bonds. The van der Waals surface area contributed by atoms with Crippen molar-refractivity contribution in [3.63, 3.8) is 0 Å². The summed E-state index contributed by atoms with van der Waals surface area (Å²) in [7, 11) is 0. The molecule has 0 fully saturated rings. The Labute approximate surface area is 333 Å². The number of rotatable bonds is 8. The predicted molar refractivity (Wildman–Crippen MR) is 237 cm³/mol. The molecule has 5 atom stereocenters. The lowest BCUT2D eigenvalue weighted by molar-refractivity contribution is 0.364.